The summed E-state index contributed by atoms with van der Waals surface area (Å²) in [5.74, 6) is -1.09. The van der Waals surface area contributed by atoms with Gasteiger partial charge in [0.1, 0.15) is 5.82 Å². The molecule has 2 amide bonds. The molecule has 0 saturated heterocycles. The Kier molecular flexibility index (Phi) is 6.17. The van der Waals surface area contributed by atoms with Gasteiger partial charge < -0.3 is 15.4 Å². The molecule has 0 saturated carbocycles. The number of carbonyl (C=O) groups is 3. The van der Waals surface area contributed by atoms with E-state index >= 15 is 0 Å². The number of hydrogen-bond donors (Lipinski definition) is 2. The van der Waals surface area contributed by atoms with Crippen molar-refractivity contribution in [2.75, 3.05) is 17.7 Å². The Hall–Kier alpha value is -3.65. The predicted molar refractivity (Wildman–Crippen MR) is 113 cm³/mol. The molecular weight excluding hydrogens is 408 g/mol. The molecule has 0 bridgehead atoms. The van der Waals surface area contributed by atoms with Gasteiger partial charge in [-0.15, -0.1) is 0 Å². The molecule has 0 atom stereocenters. The van der Waals surface area contributed by atoms with Crippen molar-refractivity contribution in [3.8, 4) is 0 Å². The van der Waals surface area contributed by atoms with Crippen molar-refractivity contribution in [1.82, 2.24) is 9.78 Å². The van der Waals surface area contributed by atoms with Crippen LogP contribution in [0.25, 0.3) is 0 Å². The van der Waals surface area contributed by atoms with Crippen molar-refractivity contribution in [3.05, 3.63) is 75.9 Å². The molecule has 8 nitrogen and oxygen atoms in total. The molecular formula is C21H19ClN4O4. The minimum Gasteiger partial charge on any atom is -0.465 e. The standard InChI is InChI=1S/C21H19ClN4O4/c1-12-8-9-13(10-15(12)21(29)30-3)23-20(28)17-11-18(26(2)25-17)24-19(27)14-6-4-5-7-16(14)22/h4-11H,1-3H3,(H,23,28)(H,24,27). The third-order valence-corrected chi connectivity index (χ3v) is 4.70. The number of benzene rings is 2. The van der Waals surface area contributed by atoms with E-state index in [2.05, 4.69) is 15.7 Å². The van der Waals surface area contributed by atoms with Crippen LogP contribution in [0, 0.1) is 6.92 Å². The zero-order valence-corrected chi connectivity index (χ0v) is 17.3. The molecule has 30 heavy (non-hydrogen) atoms. The minimum atomic E-state index is -0.497. The van der Waals surface area contributed by atoms with Gasteiger partial charge in [-0.3, -0.25) is 14.3 Å². The fraction of sp³-hybridized carbons (Fsp3) is 0.143. The summed E-state index contributed by atoms with van der Waals surface area (Å²) in [6, 6.07) is 13.0. The molecule has 0 radical (unpaired) electrons. The van der Waals surface area contributed by atoms with Crippen molar-refractivity contribution in [2.24, 2.45) is 7.05 Å². The molecule has 0 aliphatic rings. The average molecular weight is 427 g/mol. The molecule has 9 heteroatoms. The Morgan fingerprint density at radius 1 is 1.00 bits per heavy atom. The maximum atomic E-state index is 12.6. The SMILES string of the molecule is COC(=O)c1cc(NC(=O)c2cc(NC(=O)c3ccccc3Cl)n(C)n2)ccc1C. The van der Waals surface area contributed by atoms with Crippen molar-refractivity contribution in [3.63, 3.8) is 0 Å². The molecule has 0 fully saturated rings. The van der Waals surface area contributed by atoms with Crippen LogP contribution in [0.4, 0.5) is 11.5 Å². The molecule has 1 heterocycles. The van der Waals surface area contributed by atoms with Gasteiger partial charge >= 0.3 is 5.97 Å². The summed E-state index contributed by atoms with van der Waals surface area (Å²) in [5, 5.41) is 9.81. The number of aromatic nitrogens is 2. The maximum Gasteiger partial charge on any atom is 0.338 e. The third-order valence-electron chi connectivity index (χ3n) is 4.37. The van der Waals surface area contributed by atoms with Gasteiger partial charge in [0.25, 0.3) is 11.8 Å². The number of ether oxygens (including phenoxy) is 1. The summed E-state index contributed by atoms with van der Waals surface area (Å²) >= 11 is 6.05. The normalized spacial score (nSPS) is 10.4. The molecule has 0 spiro atoms. The van der Waals surface area contributed by atoms with Gasteiger partial charge in [0.05, 0.1) is 23.3 Å². The second-order valence-electron chi connectivity index (χ2n) is 6.45. The van der Waals surface area contributed by atoms with Gasteiger partial charge in [-0.05, 0) is 36.8 Å². The van der Waals surface area contributed by atoms with E-state index in [1.165, 1.54) is 23.9 Å². The lowest BCUT2D eigenvalue weighted by Gasteiger charge is -2.08. The van der Waals surface area contributed by atoms with Crippen LogP contribution in [0.2, 0.25) is 5.02 Å². The Morgan fingerprint density at radius 3 is 2.43 bits per heavy atom. The number of carbonyl (C=O) groups excluding carboxylic acids is 3. The molecule has 0 unspecified atom stereocenters. The largest absolute Gasteiger partial charge is 0.465 e. The monoisotopic (exact) mass is 426 g/mol. The summed E-state index contributed by atoms with van der Waals surface area (Å²) < 4.78 is 6.12. The van der Waals surface area contributed by atoms with Crippen LogP contribution in [0.15, 0.2) is 48.5 Å². The lowest BCUT2D eigenvalue weighted by atomic mass is 10.1. The van der Waals surface area contributed by atoms with Crippen LogP contribution in [-0.2, 0) is 11.8 Å². The first-order valence-electron chi connectivity index (χ1n) is 8.90. The summed E-state index contributed by atoms with van der Waals surface area (Å²) in [7, 11) is 2.89. The van der Waals surface area contributed by atoms with Crippen LogP contribution in [0.3, 0.4) is 0 Å². The highest BCUT2D eigenvalue weighted by atomic mass is 35.5. The summed E-state index contributed by atoms with van der Waals surface area (Å²) in [6.07, 6.45) is 0. The fourth-order valence-electron chi connectivity index (χ4n) is 2.75. The predicted octanol–water partition coefficient (Wildman–Crippen LogP) is 3.67. The van der Waals surface area contributed by atoms with Crippen molar-refractivity contribution >= 4 is 40.9 Å². The Labute approximate surface area is 177 Å². The van der Waals surface area contributed by atoms with E-state index in [0.717, 1.165) is 5.56 Å². The van der Waals surface area contributed by atoms with Gasteiger partial charge in [0.15, 0.2) is 5.69 Å². The quantitative estimate of drug-likeness (QED) is 0.606. The van der Waals surface area contributed by atoms with E-state index in [0.29, 0.717) is 27.7 Å². The molecule has 3 rings (SSSR count). The van der Waals surface area contributed by atoms with E-state index in [4.69, 9.17) is 16.3 Å². The smallest absolute Gasteiger partial charge is 0.338 e. The molecule has 154 valence electrons. The number of rotatable bonds is 5. The molecule has 0 aliphatic carbocycles. The van der Waals surface area contributed by atoms with Crippen molar-refractivity contribution in [2.45, 2.75) is 6.92 Å². The summed E-state index contributed by atoms with van der Waals surface area (Å²) in [4.78, 5) is 36.9. The number of halogens is 1. The molecule has 2 N–H and O–H groups in total. The van der Waals surface area contributed by atoms with Crippen molar-refractivity contribution < 1.29 is 19.1 Å². The fourth-order valence-corrected chi connectivity index (χ4v) is 2.97. The van der Waals surface area contributed by atoms with E-state index in [1.54, 1.807) is 50.4 Å². The van der Waals surface area contributed by atoms with Crippen LogP contribution >= 0.6 is 11.6 Å². The number of nitrogens with one attached hydrogen (secondary N) is 2. The van der Waals surface area contributed by atoms with Crippen LogP contribution in [0.1, 0.15) is 36.8 Å². The maximum absolute atomic E-state index is 12.6. The highest BCUT2D eigenvalue weighted by Gasteiger charge is 2.17. The van der Waals surface area contributed by atoms with Gasteiger partial charge in [0.2, 0.25) is 0 Å². The highest BCUT2D eigenvalue weighted by Crippen LogP contribution is 2.19. The van der Waals surface area contributed by atoms with Crippen LogP contribution in [0.5, 0.6) is 0 Å². The van der Waals surface area contributed by atoms with Gasteiger partial charge in [0, 0.05) is 18.8 Å². The number of methoxy groups -OCH3 is 1. The lowest BCUT2D eigenvalue weighted by Crippen LogP contribution is -2.14. The minimum absolute atomic E-state index is 0.0900. The zero-order valence-electron chi connectivity index (χ0n) is 16.5. The Morgan fingerprint density at radius 2 is 1.73 bits per heavy atom. The third kappa shape index (κ3) is 4.49. The van der Waals surface area contributed by atoms with E-state index in [1.807, 2.05) is 0 Å². The Balaban J connectivity index is 1.76. The summed E-state index contributed by atoms with van der Waals surface area (Å²) in [6.45, 7) is 1.77. The van der Waals surface area contributed by atoms with Gasteiger partial charge in [-0.25, -0.2) is 4.79 Å². The van der Waals surface area contributed by atoms with E-state index < -0.39 is 17.8 Å². The second kappa shape index (κ2) is 8.79. The zero-order chi connectivity index (χ0) is 21.8. The number of hydrogen-bond acceptors (Lipinski definition) is 5. The summed E-state index contributed by atoms with van der Waals surface area (Å²) in [5.41, 5.74) is 1.89. The van der Waals surface area contributed by atoms with Crippen LogP contribution in [-0.4, -0.2) is 34.7 Å². The molecule has 3 aromatic rings. The van der Waals surface area contributed by atoms with Crippen molar-refractivity contribution in [1.29, 1.82) is 0 Å². The van der Waals surface area contributed by atoms with E-state index in [9.17, 15) is 14.4 Å². The number of nitrogens with zero attached hydrogens (tertiary/aromatic N) is 2. The number of aryl methyl sites for hydroxylation is 2. The van der Waals surface area contributed by atoms with E-state index in [-0.39, 0.29) is 5.69 Å². The molecule has 1 aromatic heterocycles. The second-order valence-corrected chi connectivity index (χ2v) is 6.86. The van der Waals surface area contributed by atoms with Crippen LogP contribution < -0.4 is 10.6 Å². The number of amides is 2. The molecule has 0 aliphatic heterocycles. The highest BCUT2D eigenvalue weighted by molar-refractivity contribution is 6.34. The number of esters is 1. The topological polar surface area (TPSA) is 102 Å². The molecule has 2 aromatic carbocycles. The number of anilines is 2. The first-order chi connectivity index (χ1) is 14.3. The first kappa shape index (κ1) is 21.1. The van der Waals surface area contributed by atoms with Gasteiger partial charge in [-0.2, -0.15) is 5.10 Å². The Bertz CT molecular complexity index is 1140. The van der Waals surface area contributed by atoms with Gasteiger partial charge in [-0.1, -0.05) is 29.8 Å². The average Bonchev–Trinajstić information content (AvgIpc) is 3.09. The lowest BCUT2D eigenvalue weighted by molar-refractivity contribution is 0.0599. The first-order valence-corrected chi connectivity index (χ1v) is 9.28.